The number of para-hydroxylation sites is 1. The molecule has 2 aliphatic rings. The lowest BCUT2D eigenvalue weighted by atomic mass is 9.75. The number of methoxy groups -OCH3 is 1. The maximum atomic E-state index is 12.9. The standard InChI is InChI=1S/C19H24N2O4/c1-19(13-8-4-3-5-9-13)17(23)21(18(24)20-19)12-15(22)14-10-6-7-11-16(14)25-2/h6-7,10-11,13H,3-5,8-9,12H2,1-2H3,(H,20,24)/t19-/m1/s1. The van der Waals surface area contributed by atoms with Crippen LogP contribution in [0.4, 0.5) is 4.79 Å². The number of nitrogens with zero attached hydrogens (tertiary/aromatic N) is 1. The second-order valence-electron chi connectivity index (χ2n) is 6.98. The number of hydrogen-bond acceptors (Lipinski definition) is 4. The molecule has 0 spiro atoms. The predicted octanol–water partition coefficient (Wildman–Crippen LogP) is 2.77. The van der Waals surface area contributed by atoms with Gasteiger partial charge in [0.15, 0.2) is 5.78 Å². The van der Waals surface area contributed by atoms with Gasteiger partial charge in [-0.05, 0) is 37.8 Å². The number of imide groups is 1. The molecule has 0 bridgehead atoms. The lowest BCUT2D eigenvalue weighted by Crippen LogP contribution is -2.51. The van der Waals surface area contributed by atoms with Gasteiger partial charge in [0.1, 0.15) is 11.3 Å². The van der Waals surface area contributed by atoms with Crippen molar-refractivity contribution in [1.29, 1.82) is 0 Å². The largest absolute Gasteiger partial charge is 0.496 e. The van der Waals surface area contributed by atoms with Crippen LogP contribution in [0.5, 0.6) is 5.75 Å². The number of nitrogens with one attached hydrogen (secondary N) is 1. The number of ketones is 1. The number of Topliss-reactive ketones (excluding diaryl/α,β-unsaturated/α-hetero) is 1. The van der Waals surface area contributed by atoms with Crippen LogP contribution in [0.15, 0.2) is 24.3 Å². The summed E-state index contributed by atoms with van der Waals surface area (Å²) in [6.07, 6.45) is 5.17. The fourth-order valence-corrected chi connectivity index (χ4v) is 3.92. The molecule has 25 heavy (non-hydrogen) atoms. The summed E-state index contributed by atoms with van der Waals surface area (Å²) in [6.45, 7) is 1.52. The van der Waals surface area contributed by atoms with Gasteiger partial charge < -0.3 is 10.1 Å². The van der Waals surface area contributed by atoms with Crippen LogP contribution >= 0.6 is 0 Å². The molecule has 0 unspecified atom stereocenters. The maximum absolute atomic E-state index is 12.9. The molecule has 1 N–H and O–H groups in total. The third-order valence-corrected chi connectivity index (χ3v) is 5.43. The van der Waals surface area contributed by atoms with Crippen LogP contribution in [0.2, 0.25) is 0 Å². The van der Waals surface area contributed by atoms with Crippen molar-refractivity contribution in [3.05, 3.63) is 29.8 Å². The quantitative estimate of drug-likeness (QED) is 0.658. The lowest BCUT2D eigenvalue weighted by molar-refractivity contribution is -0.132. The van der Waals surface area contributed by atoms with Crippen LogP contribution < -0.4 is 10.1 Å². The topological polar surface area (TPSA) is 75.7 Å². The van der Waals surface area contributed by atoms with Crippen molar-refractivity contribution in [3.63, 3.8) is 0 Å². The SMILES string of the molecule is COc1ccccc1C(=O)CN1C(=O)N[C@](C)(C2CCCCC2)C1=O. The zero-order valence-corrected chi connectivity index (χ0v) is 14.7. The third kappa shape index (κ3) is 3.13. The van der Waals surface area contributed by atoms with Crippen molar-refractivity contribution in [1.82, 2.24) is 10.2 Å². The predicted molar refractivity (Wildman–Crippen MR) is 92.5 cm³/mol. The van der Waals surface area contributed by atoms with Gasteiger partial charge in [-0.1, -0.05) is 31.4 Å². The molecule has 1 atom stereocenters. The molecular formula is C19H24N2O4. The number of carbonyl (C=O) groups excluding carboxylic acids is 3. The van der Waals surface area contributed by atoms with Crippen LogP contribution in [-0.2, 0) is 4.79 Å². The minimum Gasteiger partial charge on any atom is -0.496 e. The normalized spacial score (nSPS) is 24.3. The van der Waals surface area contributed by atoms with Gasteiger partial charge in [0.2, 0.25) is 0 Å². The van der Waals surface area contributed by atoms with E-state index in [1.54, 1.807) is 31.2 Å². The summed E-state index contributed by atoms with van der Waals surface area (Å²) in [6, 6.07) is 6.34. The minimum atomic E-state index is -0.904. The van der Waals surface area contributed by atoms with E-state index in [1.807, 2.05) is 0 Å². The van der Waals surface area contributed by atoms with Crippen LogP contribution in [0.25, 0.3) is 0 Å². The summed E-state index contributed by atoms with van der Waals surface area (Å²) in [4.78, 5) is 38.9. The number of rotatable bonds is 5. The Hall–Kier alpha value is -2.37. The second kappa shape index (κ2) is 6.86. The summed E-state index contributed by atoms with van der Waals surface area (Å²) in [5.41, 5.74) is -0.532. The average Bonchev–Trinajstić information content (AvgIpc) is 2.86. The van der Waals surface area contributed by atoms with E-state index in [0.717, 1.165) is 30.6 Å². The van der Waals surface area contributed by atoms with Gasteiger partial charge in [-0.15, -0.1) is 0 Å². The van der Waals surface area contributed by atoms with Crippen LogP contribution in [0, 0.1) is 5.92 Å². The van der Waals surface area contributed by atoms with Gasteiger partial charge >= 0.3 is 6.03 Å². The van der Waals surface area contributed by atoms with Crippen molar-refractivity contribution in [2.75, 3.05) is 13.7 Å². The zero-order chi connectivity index (χ0) is 18.0. The molecule has 2 fully saturated rings. The van der Waals surface area contributed by atoms with Crippen molar-refractivity contribution < 1.29 is 19.1 Å². The van der Waals surface area contributed by atoms with E-state index >= 15 is 0 Å². The van der Waals surface area contributed by atoms with E-state index in [1.165, 1.54) is 13.5 Å². The molecule has 1 heterocycles. The van der Waals surface area contributed by atoms with E-state index in [4.69, 9.17) is 4.74 Å². The number of amides is 3. The van der Waals surface area contributed by atoms with E-state index < -0.39 is 11.6 Å². The first-order valence-electron chi connectivity index (χ1n) is 8.77. The molecule has 1 aromatic rings. The lowest BCUT2D eigenvalue weighted by Gasteiger charge is -2.34. The Morgan fingerprint density at radius 2 is 1.92 bits per heavy atom. The average molecular weight is 344 g/mol. The summed E-state index contributed by atoms with van der Waals surface area (Å²) < 4.78 is 5.20. The zero-order valence-electron chi connectivity index (χ0n) is 14.7. The number of benzene rings is 1. The first kappa shape index (κ1) is 17.5. The molecule has 3 amide bonds. The Morgan fingerprint density at radius 3 is 2.60 bits per heavy atom. The van der Waals surface area contributed by atoms with Gasteiger partial charge in [-0.2, -0.15) is 0 Å². The molecule has 1 saturated heterocycles. The Kier molecular flexibility index (Phi) is 4.79. The molecule has 0 radical (unpaired) electrons. The number of urea groups is 1. The van der Waals surface area contributed by atoms with Crippen molar-refractivity contribution >= 4 is 17.7 Å². The number of ether oxygens (including phenoxy) is 1. The molecule has 6 heteroatoms. The van der Waals surface area contributed by atoms with E-state index in [-0.39, 0.29) is 24.2 Å². The molecule has 0 aromatic heterocycles. The van der Waals surface area contributed by atoms with Crippen LogP contribution in [0.1, 0.15) is 49.4 Å². The Bertz CT molecular complexity index is 696. The van der Waals surface area contributed by atoms with E-state index in [0.29, 0.717) is 11.3 Å². The Balaban J connectivity index is 1.77. The van der Waals surface area contributed by atoms with Gasteiger partial charge in [0, 0.05) is 0 Å². The summed E-state index contributed by atoms with van der Waals surface area (Å²) in [7, 11) is 1.49. The molecule has 1 saturated carbocycles. The fraction of sp³-hybridized carbons (Fsp3) is 0.526. The highest BCUT2D eigenvalue weighted by atomic mass is 16.5. The Morgan fingerprint density at radius 1 is 1.24 bits per heavy atom. The first-order valence-corrected chi connectivity index (χ1v) is 8.77. The Labute approximate surface area is 147 Å². The molecule has 1 aliphatic heterocycles. The van der Waals surface area contributed by atoms with E-state index in [2.05, 4.69) is 5.32 Å². The smallest absolute Gasteiger partial charge is 0.325 e. The highest BCUT2D eigenvalue weighted by Crippen LogP contribution is 2.36. The molecule has 1 aromatic carbocycles. The molecular weight excluding hydrogens is 320 g/mol. The molecule has 1 aliphatic carbocycles. The first-order chi connectivity index (χ1) is 12.0. The highest BCUT2D eigenvalue weighted by molar-refractivity contribution is 6.11. The van der Waals surface area contributed by atoms with Gasteiger partial charge in [0.05, 0.1) is 19.2 Å². The van der Waals surface area contributed by atoms with Gasteiger partial charge in [-0.3, -0.25) is 14.5 Å². The van der Waals surface area contributed by atoms with Crippen LogP contribution in [-0.4, -0.2) is 41.8 Å². The molecule has 134 valence electrons. The third-order valence-electron chi connectivity index (χ3n) is 5.43. The second-order valence-corrected chi connectivity index (χ2v) is 6.98. The van der Waals surface area contributed by atoms with Crippen LogP contribution in [0.3, 0.4) is 0 Å². The van der Waals surface area contributed by atoms with E-state index in [9.17, 15) is 14.4 Å². The maximum Gasteiger partial charge on any atom is 0.325 e. The van der Waals surface area contributed by atoms with Gasteiger partial charge in [0.25, 0.3) is 5.91 Å². The molecule has 6 nitrogen and oxygen atoms in total. The summed E-state index contributed by atoms with van der Waals surface area (Å²) >= 11 is 0. The monoisotopic (exact) mass is 344 g/mol. The van der Waals surface area contributed by atoms with Crippen molar-refractivity contribution in [3.8, 4) is 5.75 Å². The fourth-order valence-electron chi connectivity index (χ4n) is 3.92. The summed E-state index contributed by atoms with van der Waals surface area (Å²) in [5, 5.41) is 2.84. The number of hydrogen-bond donors (Lipinski definition) is 1. The highest BCUT2D eigenvalue weighted by Gasteiger charge is 2.52. The van der Waals surface area contributed by atoms with Crippen molar-refractivity contribution in [2.24, 2.45) is 5.92 Å². The number of carbonyl (C=O) groups is 3. The van der Waals surface area contributed by atoms with Gasteiger partial charge in [-0.25, -0.2) is 4.79 Å². The van der Waals surface area contributed by atoms with Crippen molar-refractivity contribution in [2.45, 2.75) is 44.6 Å². The summed E-state index contributed by atoms with van der Waals surface area (Å²) in [5.74, 6) is -0.0415. The minimum absolute atomic E-state index is 0.129. The molecule has 3 rings (SSSR count).